The number of benzene rings is 3. The van der Waals surface area contributed by atoms with E-state index in [0.29, 0.717) is 35.4 Å². The predicted molar refractivity (Wildman–Crippen MR) is 113 cm³/mol. The van der Waals surface area contributed by atoms with Crippen LogP contribution in [0.1, 0.15) is 10.4 Å². The average Bonchev–Trinajstić information content (AvgIpc) is 3.08. The van der Waals surface area contributed by atoms with Gasteiger partial charge < -0.3 is 9.47 Å². The smallest absolute Gasteiger partial charge is 0.410 e. The highest BCUT2D eigenvalue weighted by Gasteiger charge is 2.38. The van der Waals surface area contributed by atoms with E-state index in [1.54, 1.807) is 48.5 Å². The summed E-state index contributed by atoms with van der Waals surface area (Å²) in [6.45, 7) is 1.19. The minimum atomic E-state index is -3.79. The summed E-state index contributed by atoms with van der Waals surface area (Å²) >= 11 is 0. The van der Waals surface area contributed by atoms with Crippen molar-refractivity contribution in [2.24, 2.45) is 0 Å². The fraction of sp³-hybridized carbons (Fsp3) is 0.182. The summed E-state index contributed by atoms with van der Waals surface area (Å²) in [6.07, 6.45) is -0.850. The molecule has 2 heterocycles. The minimum absolute atomic E-state index is 0.0982. The van der Waals surface area contributed by atoms with Crippen LogP contribution in [-0.4, -0.2) is 51.0 Å². The summed E-state index contributed by atoms with van der Waals surface area (Å²) in [5.74, 6) is -0.249. The van der Waals surface area contributed by atoms with Crippen molar-refractivity contribution in [3.8, 4) is 5.75 Å². The number of sulfonamides is 1. The number of hydrogen-bond acceptors (Lipinski definition) is 6. The van der Waals surface area contributed by atoms with Crippen LogP contribution in [0.2, 0.25) is 0 Å². The number of ether oxygens (including phenoxy) is 2. The molecule has 1 fully saturated rings. The molecule has 0 atom stereocenters. The quantitative estimate of drug-likeness (QED) is 0.624. The Kier molecular flexibility index (Phi) is 4.73. The fourth-order valence-corrected chi connectivity index (χ4v) is 5.52. The van der Waals surface area contributed by atoms with E-state index >= 15 is 0 Å². The topological polar surface area (TPSA) is 93.2 Å². The van der Waals surface area contributed by atoms with Crippen molar-refractivity contribution in [1.82, 2.24) is 4.31 Å². The van der Waals surface area contributed by atoms with Crippen LogP contribution in [0, 0.1) is 0 Å². The van der Waals surface area contributed by atoms with Crippen molar-refractivity contribution >= 4 is 38.5 Å². The Morgan fingerprint density at radius 3 is 2.42 bits per heavy atom. The van der Waals surface area contributed by atoms with Gasteiger partial charge in [0, 0.05) is 23.9 Å². The summed E-state index contributed by atoms with van der Waals surface area (Å²) < 4.78 is 38.5. The SMILES string of the molecule is O=C(Oc1ccccc1)N1C(=O)c2cccc3c(S(=O)(=O)N4CCOCC4)ccc1c23. The van der Waals surface area contributed by atoms with Gasteiger partial charge in [0.05, 0.1) is 29.4 Å². The minimum Gasteiger partial charge on any atom is -0.410 e. The standard InChI is InChI=1S/C22H18N2O6S/c25-21-17-8-4-7-16-19(31(27,28)23-11-13-29-14-12-23)10-9-18(20(16)17)24(21)22(26)30-15-5-2-1-3-6-15/h1-10H,11-14H2. The first-order chi connectivity index (χ1) is 15.0. The van der Waals surface area contributed by atoms with E-state index in [4.69, 9.17) is 9.47 Å². The highest BCUT2D eigenvalue weighted by molar-refractivity contribution is 7.89. The number of amides is 2. The van der Waals surface area contributed by atoms with Crippen LogP contribution in [0.4, 0.5) is 10.5 Å². The van der Waals surface area contributed by atoms with Gasteiger partial charge in [0.2, 0.25) is 10.0 Å². The van der Waals surface area contributed by atoms with Crippen LogP contribution >= 0.6 is 0 Å². The molecule has 2 amide bonds. The molecular formula is C22H18N2O6S. The predicted octanol–water partition coefficient (Wildman–Crippen LogP) is 3.02. The molecule has 0 aromatic heterocycles. The second-order valence-corrected chi connectivity index (χ2v) is 9.06. The third kappa shape index (κ3) is 3.18. The van der Waals surface area contributed by atoms with E-state index in [1.807, 2.05) is 0 Å². The maximum Gasteiger partial charge on any atom is 0.426 e. The molecule has 0 unspecified atom stereocenters. The average molecular weight is 438 g/mol. The molecule has 2 aliphatic rings. The normalized spacial score (nSPS) is 16.6. The molecule has 158 valence electrons. The monoisotopic (exact) mass is 438 g/mol. The lowest BCUT2D eigenvalue weighted by Gasteiger charge is -2.26. The Labute approximate surface area is 178 Å². The number of rotatable bonds is 3. The van der Waals surface area contributed by atoms with Gasteiger partial charge in [0.25, 0.3) is 5.91 Å². The molecule has 31 heavy (non-hydrogen) atoms. The van der Waals surface area contributed by atoms with Gasteiger partial charge in [0.15, 0.2) is 0 Å². The van der Waals surface area contributed by atoms with Gasteiger partial charge in [-0.05, 0) is 30.3 Å². The highest BCUT2D eigenvalue weighted by atomic mass is 32.2. The Morgan fingerprint density at radius 2 is 1.68 bits per heavy atom. The molecular weight excluding hydrogens is 420 g/mol. The van der Waals surface area contributed by atoms with Crippen molar-refractivity contribution < 1.29 is 27.5 Å². The second kappa shape index (κ2) is 7.45. The number of carbonyl (C=O) groups is 2. The Morgan fingerprint density at radius 1 is 0.935 bits per heavy atom. The zero-order valence-corrected chi connectivity index (χ0v) is 17.2. The summed E-state index contributed by atoms with van der Waals surface area (Å²) in [7, 11) is -3.79. The van der Waals surface area contributed by atoms with Crippen LogP contribution in [0.3, 0.4) is 0 Å². The lowest BCUT2D eigenvalue weighted by Crippen LogP contribution is -2.40. The zero-order chi connectivity index (χ0) is 21.6. The molecule has 0 radical (unpaired) electrons. The highest BCUT2D eigenvalue weighted by Crippen LogP contribution is 2.41. The van der Waals surface area contributed by atoms with Crippen LogP contribution in [0.25, 0.3) is 10.8 Å². The van der Waals surface area contributed by atoms with Crippen molar-refractivity contribution in [3.05, 3.63) is 66.2 Å². The molecule has 9 heteroatoms. The van der Waals surface area contributed by atoms with Crippen molar-refractivity contribution in [3.63, 3.8) is 0 Å². The van der Waals surface area contributed by atoms with Crippen LogP contribution < -0.4 is 9.64 Å². The number of morpholine rings is 1. The molecule has 2 aliphatic heterocycles. The molecule has 0 N–H and O–H groups in total. The van der Waals surface area contributed by atoms with Gasteiger partial charge in [-0.3, -0.25) is 4.79 Å². The maximum absolute atomic E-state index is 13.3. The maximum atomic E-state index is 13.3. The third-order valence-corrected chi connectivity index (χ3v) is 7.33. The fourth-order valence-electron chi connectivity index (χ4n) is 3.92. The van der Waals surface area contributed by atoms with E-state index in [0.717, 1.165) is 4.90 Å². The number of hydrogen-bond donors (Lipinski definition) is 0. The van der Waals surface area contributed by atoms with Gasteiger partial charge in [0.1, 0.15) is 5.75 Å². The summed E-state index contributed by atoms with van der Waals surface area (Å²) in [4.78, 5) is 26.9. The first kappa shape index (κ1) is 19.7. The van der Waals surface area contributed by atoms with Crippen LogP contribution in [0.15, 0.2) is 65.6 Å². The van der Waals surface area contributed by atoms with Gasteiger partial charge in [-0.25, -0.2) is 18.1 Å². The number of carbonyl (C=O) groups excluding carboxylic acids is 2. The second-order valence-electron chi connectivity index (χ2n) is 7.15. The summed E-state index contributed by atoms with van der Waals surface area (Å²) in [5.41, 5.74) is 0.564. The number of imide groups is 1. The Balaban J connectivity index is 1.59. The molecule has 0 spiro atoms. The lowest BCUT2D eigenvalue weighted by atomic mass is 10.1. The third-order valence-electron chi connectivity index (χ3n) is 5.37. The zero-order valence-electron chi connectivity index (χ0n) is 16.4. The van der Waals surface area contributed by atoms with Crippen molar-refractivity contribution in [2.75, 3.05) is 31.2 Å². The van der Waals surface area contributed by atoms with Crippen molar-refractivity contribution in [1.29, 1.82) is 0 Å². The van der Waals surface area contributed by atoms with Gasteiger partial charge in [-0.15, -0.1) is 0 Å². The number of anilines is 1. The van der Waals surface area contributed by atoms with E-state index in [1.165, 1.54) is 16.4 Å². The van der Waals surface area contributed by atoms with Gasteiger partial charge in [-0.2, -0.15) is 4.31 Å². The van der Waals surface area contributed by atoms with E-state index in [-0.39, 0.29) is 23.5 Å². The van der Waals surface area contributed by atoms with E-state index < -0.39 is 22.0 Å². The Bertz CT molecular complexity index is 1300. The first-order valence-electron chi connectivity index (χ1n) is 9.73. The molecule has 8 nitrogen and oxygen atoms in total. The summed E-state index contributed by atoms with van der Waals surface area (Å²) in [5, 5.41) is 0.816. The van der Waals surface area contributed by atoms with Gasteiger partial charge >= 0.3 is 6.09 Å². The molecule has 1 saturated heterocycles. The molecule has 0 saturated carbocycles. The van der Waals surface area contributed by atoms with Crippen molar-refractivity contribution in [2.45, 2.75) is 4.90 Å². The number of para-hydroxylation sites is 1. The molecule has 0 bridgehead atoms. The van der Waals surface area contributed by atoms with Crippen LogP contribution in [0.5, 0.6) is 5.75 Å². The number of nitrogens with zero attached hydrogens (tertiary/aromatic N) is 2. The molecule has 5 rings (SSSR count). The molecule has 3 aromatic rings. The van der Waals surface area contributed by atoms with Gasteiger partial charge in [-0.1, -0.05) is 30.3 Å². The lowest BCUT2D eigenvalue weighted by molar-refractivity contribution is 0.0730. The van der Waals surface area contributed by atoms with E-state index in [9.17, 15) is 18.0 Å². The molecule has 3 aromatic carbocycles. The van der Waals surface area contributed by atoms with Crippen LogP contribution in [-0.2, 0) is 14.8 Å². The first-order valence-corrected chi connectivity index (χ1v) is 11.2. The largest absolute Gasteiger partial charge is 0.426 e. The van der Waals surface area contributed by atoms with E-state index in [2.05, 4.69) is 0 Å². The summed E-state index contributed by atoms with van der Waals surface area (Å²) in [6, 6.07) is 16.2. The molecule has 0 aliphatic carbocycles. The Hall–Kier alpha value is -3.27.